The topological polar surface area (TPSA) is 80.7 Å². The molecule has 9 heteroatoms. The van der Waals surface area contributed by atoms with Crippen LogP contribution >= 0.6 is 22.9 Å². The molecule has 1 aromatic carbocycles. The molecule has 1 amide bonds. The van der Waals surface area contributed by atoms with Crippen LogP contribution in [0.25, 0.3) is 0 Å². The highest BCUT2D eigenvalue weighted by Gasteiger charge is 2.22. The van der Waals surface area contributed by atoms with Crippen molar-refractivity contribution >= 4 is 44.7 Å². The number of carbonyl (C=O) groups is 2. The number of carbonyl (C=O) groups excluding carboxylic acids is 2. The van der Waals surface area contributed by atoms with Crippen molar-refractivity contribution in [1.82, 2.24) is 4.90 Å². The molecule has 140 valence electrons. The Kier molecular flexibility index (Phi) is 6.80. The first-order valence-electron chi connectivity index (χ1n) is 7.71. The van der Waals surface area contributed by atoms with Gasteiger partial charge in [-0.1, -0.05) is 30.7 Å². The van der Waals surface area contributed by atoms with Gasteiger partial charge in [0, 0.05) is 11.9 Å². The lowest BCUT2D eigenvalue weighted by Crippen LogP contribution is -2.30. The lowest BCUT2D eigenvalue weighted by Gasteiger charge is -2.16. The summed E-state index contributed by atoms with van der Waals surface area (Å²) in [5.41, 5.74) is -0.0742. The number of hydrogen-bond donors (Lipinski definition) is 0. The van der Waals surface area contributed by atoms with Gasteiger partial charge in [0.25, 0.3) is 5.91 Å². The van der Waals surface area contributed by atoms with Crippen LogP contribution in [-0.4, -0.2) is 44.6 Å². The summed E-state index contributed by atoms with van der Waals surface area (Å²) in [4.78, 5) is 26.6. The van der Waals surface area contributed by atoms with Crippen LogP contribution in [0.2, 0.25) is 4.34 Å². The van der Waals surface area contributed by atoms with Crippen LogP contribution in [-0.2, 0) is 25.9 Å². The molecule has 0 spiro atoms. The highest BCUT2D eigenvalue weighted by molar-refractivity contribution is 7.91. The quantitative estimate of drug-likeness (QED) is 0.649. The number of hydrogen-bond acceptors (Lipinski definition) is 6. The second-order valence-corrected chi connectivity index (χ2v) is 9.48. The fourth-order valence-corrected chi connectivity index (χ4v) is 4.36. The molecule has 2 rings (SSSR count). The van der Waals surface area contributed by atoms with E-state index < -0.39 is 28.3 Å². The molecule has 0 atom stereocenters. The average molecular weight is 416 g/mol. The number of halogens is 1. The maximum Gasteiger partial charge on any atom is 0.339 e. The van der Waals surface area contributed by atoms with Crippen molar-refractivity contribution in [3.05, 3.63) is 51.2 Å². The van der Waals surface area contributed by atoms with E-state index in [4.69, 9.17) is 16.3 Å². The number of nitrogens with zero attached hydrogens (tertiary/aromatic N) is 1. The van der Waals surface area contributed by atoms with Crippen molar-refractivity contribution in [3.8, 4) is 0 Å². The Morgan fingerprint density at radius 3 is 2.50 bits per heavy atom. The van der Waals surface area contributed by atoms with Gasteiger partial charge in [-0.25, -0.2) is 13.2 Å². The molecule has 0 saturated carbocycles. The van der Waals surface area contributed by atoms with Crippen molar-refractivity contribution in [2.75, 3.05) is 19.4 Å². The predicted molar refractivity (Wildman–Crippen MR) is 100 cm³/mol. The lowest BCUT2D eigenvalue weighted by atomic mass is 10.2. The van der Waals surface area contributed by atoms with E-state index in [0.29, 0.717) is 10.9 Å². The van der Waals surface area contributed by atoms with Gasteiger partial charge < -0.3 is 9.64 Å². The Morgan fingerprint density at radius 2 is 1.88 bits per heavy atom. The van der Waals surface area contributed by atoms with Gasteiger partial charge >= 0.3 is 5.97 Å². The van der Waals surface area contributed by atoms with Gasteiger partial charge in [0.15, 0.2) is 16.4 Å². The van der Waals surface area contributed by atoms with E-state index in [-0.39, 0.29) is 16.2 Å². The molecule has 6 nitrogen and oxygen atoms in total. The van der Waals surface area contributed by atoms with Crippen molar-refractivity contribution < 1.29 is 22.7 Å². The summed E-state index contributed by atoms with van der Waals surface area (Å²) in [6, 6.07) is 9.35. The van der Waals surface area contributed by atoms with Crippen LogP contribution in [0.4, 0.5) is 0 Å². The number of benzene rings is 1. The smallest absolute Gasteiger partial charge is 0.339 e. The number of rotatable bonds is 7. The normalized spacial score (nSPS) is 11.2. The molecule has 0 bridgehead atoms. The minimum Gasteiger partial charge on any atom is -0.452 e. The molecular formula is C17H18ClNO5S2. The molecule has 0 aliphatic carbocycles. The Morgan fingerprint density at radius 1 is 1.19 bits per heavy atom. The van der Waals surface area contributed by atoms with Crippen molar-refractivity contribution in [3.63, 3.8) is 0 Å². The fourth-order valence-electron chi connectivity index (χ4n) is 2.14. The van der Waals surface area contributed by atoms with Crippen LogP contribution in [0.1, 0.15) is 22.2 Å². The molecule has 1 aromatic heterocycles. The minimum absolute atomic E-state index is 0.0742. The second-order valence-electron chi connectivity index (χ2n) is 5.43. The van der Waals surface area contributed by atoms with Crippen LogP contribution in [0.15, 0.2) is 41.3 Å². The summed E-state index contributed by atoms with van der Waals surface area (Å²) in [5.74, 6) is -1.39. The zero-order valence-electron chi connectivity index (χ0n) is 14.3. The summed E-state index contributed by atoms with van der Waals surface area (Å²) in [6.07, 6.45) is 0. The molecule has 0 unspecified atom stereocenters. The van der Waals surface area contributed by atoms with E-state index in [1.165, 1.54) is 41.4 Å². The standard InChI is InChI=1S/C17H18ClNO5S2/c1-3-26(22,23)14-7-5-4-6-13(14)17(21)24-11-16(20)19(2)10-12-8-9-15(18)25-12/h4-9H,3,10-11H2,1-2H3. The molecule has 1 heterocycles. The van der Waals surface area contributed by atoms with E-state index in [9.17, 15) is 18.0 Å². The minimum atomic E-state index is -3.57. The first-order chi connectivity index (χ1) is 12.2. The van der Waals surface area contributed by atoms with Crippen LogP contribution in [0, 0.1) is 0 Å². The Bertz CT molecular complexity index is 907. The summed E-state index contributed by atoms with van der Waals surface area (Å²) in [6.45, 7) is 1.36. The predicted octanol–water partition coefficient (Wildman–Crippen LogP) is 3.01. The third-order valence-electron chi connectivity index (χ3n) is 3.60. The van der Waals surface area contributed by atoms with Crippen molar-refractivity contribution in [2.24, 2.45) is 0 Å². The van der Waals surface area contributed by atoms with Crippen LogP contribution < -0.4 is 0 Å². The number of thiophene rings is 1. The highest BCUT2D eigenvalue weighted by atomic mass is 35.5. The first kappa shape index (κ1) is 20.4. The average Bonchev–Trinajstić information content (AvgIpc) is 3.04. The maximum absolute atomic E-state index is 12.2. The molecule has 0 fully saturated rings. The number of likely N-dealkylation sites (N-methyl/N-ethyl adjacent to an activating group) is 1. The Balaban J connectivity index is 2.01. The van der Waals surface area contributed by atoms with E-state index >= 15 is 0 Å². The monoisotopic (exact) mass is 415 g/mol. The van der Waals surface area contributed by atoms with Gasteiger partial charge in [-0.05, 0) is 24.3 Å². The fraction of sp³-hybridized carbons (Fsp3) is 0.294. The molecule has 0 N–H and O–H groups in total. The zero-order chi connectivity index (χ0) is 19.3. The maximum atomic E-state index is 12.2. The highest BCUT2D eigenvalue weighted by Crippen LogP contribution is 2.22. The van der Waals surface area contributed by atoms with E-state index in [1.54, 1.807) is 19.2 Å². The first-order valence-corrected chi connectivity index (χ1v) is 10.6. The van der Waals surface area contributed by atoms with Gasteiger partial charge in [-0.2, -0.15) is 0 Å². The molecule has 0 aliphatic heterocycles. The second kappa shape index (κ2) is 8.66. The summed E-state index contributed by atoms with van der Waals surface area (Å²) in [7, 11) is -1.99. The van der Waals surface area contributed by atoms with Gasteiger partial charge in [-0.15, -0.1) is 11.3 Å². The van der Waals surface area contributed by atoms with E-state index in [2.05, 4.69) is 0 Å². The van der Waals surface area contributed by atoms with Crippen LogP contribution in [0.3, 0.4) is 0 Å². The third-order valence-corrected chi connectivity index (χ3v) is 6.60. The summed E-state index contributed by atoms with van der Waals surface area (Å²) < 4.78 is 29.8. The summed E-state index contributed by atoms with van der Waals surface area (Å²) >= 11 is 7.21. The summed E-state index contributed by atoms with van der Waals surface area (Å²) in [5, 5.41) is 0. The number of amides is 1. The van der Waals surface area contributed by atoms with E-state index in [1.807, 2.05) is 6.07 Å². The lowest BCUT2D eigenvalue weighted by molar-refractivity contribution is -0.133. The largest absolute Gasteiger partial charge is 0.452 e. The van der Waals surface area contributed by atoms with E-state index in [0.717, 1.165) is 4.88 Å². The van der Waals surface area contributed by atoms with Crippen molar-refractivity contribution in [2.45, 2.75) is 18.4 Å². The molecule has 0 aliphatic rings. The van der Waals surface area contributed by atoms with Gasteiger partial charge in [0.05, 0.1) is 27.1 Å². The molecule has 0 saturated heterocycles. The van der Waals surface area contributed by atoms with Gasteiger partial charge in [-0.3, -0.25) is 4.79 Å². The van der Waals surface area contributed by atoms with Crippen molar-refractivity contribution in [1.29, 1.82) is 0 Å². The van der Waals surface area contributed by atoms with Gasteiger partial charge in [0.2, 0.25) is 0 Å². The number of sulfone groups is 1. The third kappa shape index (κ3) is 5.06. The SMILES string of the molecule is CCS(=O)(=O)c1ccccc1C(=O)OCC(=O)N(C)Cc1ccc(Cl)s1. The molecule has 0 radical (unpaired) electrons. The van der Waals surface area contributed by atoms with Gasteiger partial charge in [0.1, 0.15) is 0 Å². The molecule has 26 heavy (non-hydrogen) atoms. The zero-order valence-corrected chi connectivity index (χ0v) is 16.7. The number of esters is 1. The Hall–Kier alpha value is -1.90. The Labute approximate surface area is 161 Å². The number of ether oxygens (including phenoxy) is 1. The van der Waals surface area contributed by atoms with Crippen LogP contribution in [0.5, 0.6) is 0 Å². The molecule has 2 aromatic rings. The molecular weight excluding hydrogens is 398 g/mol.